The van der Waals surface area contributed by atoms with E-state index in [0.717, 1.165) is 52.9 Å². The van der Waals surface area contributed by atoms with Crippen molar-refractivity contribution in [1.29, 1.82) is 0 Å². The number of fused-ring (bicyclic) bond motifs is 3. The first-order chi connectivity index (χ1) is 15.3. The van der Waals surface area contributed by atoms with Gasteiger partial charge in [-0.25, -0.2) is 9.78 Å². The van der Waals surface area contributed by atoms with E-state index < -0.39 is 17.2 Å². The second-order valence-electron chi connectivity index (χ2n) is 8.04. The fourth-order valence-corrected chi connectivity index (χ4v) is 6.15. The minimum Gasteiger partial charge on any atom is -0.341 e. The van der Waals surface area contributed by atoms with Crippen LogP contribution in [0.25, 0.3) is 15.9 Å². The maximum atomic E-state index is 13.9. The molecule has 2 N–H and O–H groups in total. The SMILES string of the molecule is CNC(=O)NC(=O)C(C)Sc1nc2sc3c(c2c(=O)n1-c1cc(C)ccc1C)CCCC3. The lowest BCUT2D eigenvalue weighted by atomic mass is 9.97. The number of rotatable bonds is 4. The summed E-state index contributed by atoms with van der Waals surface area (Å²) in [5.74, 6) is -0.443. The lowest BCUT2D eigenvalue weighted by Gasteiger charge is -2.17. The van der Waals surface area contributed by atoms with Crippen molar-refractivity contribution in [3.8, 4) is 5.69 Å². The van der Waals surface area contributed by atoms with Crippen LogP contribution in [0.2, 0.25) is 0 Å². The molecule has 0 aliphatic heterocycles. The van der Waals surface area contributed by atoms with E-state index in [9.17, 15) is 14.4 Å². The fraction of sp³-hybridized carbons (Fsp3) is 0.391. The predicted molar refractivity (Wildman–Crippen MR) is 129 cm³/mol. The highest BCUT2D eigenvalue weighted by molar-refractivity contribution is 8.00. The van der Waals surface area contributed by atoms with Crippen molar-refractivity contribution >= 4 is 45.3 Å². The molecule has 1 aliphatic rings. The van der Waals surface area contributed by atoms with Crippen LogP contribution in [-0.2, 0) is 17.6 Å². The molecule has 1 unspecified atom stereocenters. The highest BCUT2D eigenvalue weighted by Crippen LogP contribution is 2.36. The van der Waals surface area contributed by atoms with Crippen LogP contribution in [0.5, 0.6) is 0 Å². The van der Waals surface area contributed by atoms with Crippen molar-refractivity contribution in [2.75, 3.05) is 7.05 Å². The van der Waals surface area contributed by atoms with E-state index in [1.807, 2.05) is 32.0 Å². The van der Waals surface area contributed by atoms with E-state index in [4.69, 9.17) is 4.98 Å². The van der Waals surface area contributed by atoms with Crippen molar-refractivity contribution in [2.24, 2.45) is 0 Å². The zero-order valence-corrected chi connectivity index (χ0v) is 20.2. The zero-order valence-electron chi connectivity index (χ0n) is 18.6. The smallest absolute Gasteiger partial charge is 0.321 e. The topological polar surface area (TPSA) is 93.1 Å². The van der Waals surface area contributed by atoms with Crippen LogP contribution >= 0.6 is 23.1 Å². The predicted octanol–water partition coefficient (Wildman–Crippen LogP) is 3.88. The summed E-state index contributed by atoms with van der Waals surface area (Å²) in [4.78, 5) is 44.8. The van der Waals surface area contributed by atoms with Crippen molar-refractivity contribution in [3.63, 3.8) is 0 Å². The summed E-state index contributed by atoms with van der Waals surface area (Å²) in [5.41, 5.74) is 3.79. The van der Waals surface area contributed by atoms with Gasteiger partial charge in [0.25, 0.3) is 5.56 Å². The summed E-state index contributed by atoms with van der Waals surface area (Å²) < 4.78 is 1.64. The van der Waals surface area contributed by atoms with Gasteiger partial charge in [0.15, 0.2) is 5.16 Å². The Kier molecular flexibility index (Phi) is 6.39. The molecule has 0 saturated heterocycles. The van der Waals surface area contributed by atoms with E-state index in [2.05, 4.69) is 10.6 Å². The van der Waals surface area contributed by atoms with Gasteiger partial charge in [0.05, 0.1) is 16.3 Å². The minimum atomic E-state index is -0.623. The van der Waals surface area contributed by atoms with Crippen molar-refractivity contribution in [3.05, 3.63) is 50.1 Å². The molecule has 3 amide bonds. The van der Waals surface area contributed by atoms with Gasteiger partial charge in [-0.1, -0.05) is 23.9 Å². The van der Waals surface area contributed by atoms with Crippen LogP contribution in [-0.4, -0.2) is 33.8 Å². The number of nitrogens with one attached hydrogen (secondary N) is 2. The molecule has 0 bridgehead atoms. The Morgan fingerprint density at radius 2 is 1.97 bits per heavy atom. The number of benzene rings is 1. The number of carbonyl (C=O) groups excluding carboxylic acids is 2. The number of urea groups is 1. The Balaban J connectivity index is 1.89. The average Bonchev–Trinajstić information content (AvgIpc) is 3.14. The number of carbonyl (C=O) groups is 2. The third-order valence-electron chi connectivity index (χ3n) is 5.68. The van der Waals surface area contributed by atoms with Crippen LogP contribution in [0, 0.1) is 13.8 Å². The maximum absolute atomic E-state index is 13.9. The summed E-state index contributed by atoms with van der Waals surface area (Å²) in [5, 5.41) is 5.21. The summed E-state index contributed by atoms with van der Waals surface area (Å²) in [6.07, 6.45) is 4.08. The largest absolute Gasteiger partial charge is 0.341 e. The first kappa shape index (κ1) is 22.5. The monoisotopic (exact) mass is 470 g/mol. The Morgan fingerprint density at radius 1 is 1.22 bits per heavy atom. The number of hydrogen-bond acceptors (Lipinski definition) is 6. The van der Waals surface area contributed by atoms with Gasteiger partial charge in [0.1, 0.15) is 4.83 Å². The van der Waals surface area contributed by atoms with Crippen LogP contribution in [0.4, 0.5) is 4.79 Å². The fourth-order valence-electron chi connectivity index (χ4n) is 3.93. The molecule has 2 aromatic heterocycles. The molecule has 0 saturated carbocycles. The van der Waals surface area contributed by atoms with Gasteiger partial charge >= 0.3 is 6.03 Å². The van der Waals surface area contributed by atoms with Crippen molar-refractivity contribution in [1.82, 2.24) is 20.2 Å². The Morgan fingerprint density at radius 3 is 2.72 bits per heavy atom. The van der Waals surface area contributed by atoms with Gasteiger partial charge in [0.2, 0.25) is 5.91 Å². The number of hydrogen-bond donors (Lipinski definition) is 2. The quantitative estimate of drug-likeness (QED) is 0.446. The molecule has 0 fully saturated rings. The highest BCUT2D eigenvalue weighted by Gasteiger charge is 2.26. The van der Waals surface area contributed by atoms with E-state index in [-0.39, 0.29) is 5.56 Å². The number of imide groups is 1. The van der Waals surface area contributed by atoms with Crippen LogP contribution in [0.3, 0.4) is 0 Å². The van der Waals surface area contributed by atoms with E-state index in [1.165, 1.54) is 23.7 Å². The highest BCUT2D eigenvalue weighted by atomic mass is 32.2. The Bertz CT molecular complexity index is 1280. The van der Waals surface area contributed by atoms with Gasteiger partial charge in [-0.15, -0.1) is 11.3 Å². The molecule has 168 valence electrons. The molecule has 0 spiro atoms. The summed E-state index contributed by atoms with van der Waals surface area (Å²) in [6, 6.07) is 5.40. The van der Waals surface area contributed by atoms with Crippen LogP contribution in [0.15, 0.2) is 28.2 Å². The zero-order chi connectivity index (χ0) is 23.0. The van der Waals surface area contributed by atoms with Crippen LogP contribution < -0.4 is 16.2 Å². The van der Waals surface area contributed by atoms with Gasteiger partial charge < -0.3 is 5.32 Å². The lowest BCUT2D eigenvalue weighted by molar-refractivity contribution is -0.119. The van der Waals surface area contributed by atoms with Crippen molar-refractivity contribution in [2.45, 2.75) is 56.9 Å². The first-order valence-corrected chi connectivity index (χ1v) is 12.3. The molecule has 7 nitrogen and oxygen atoms in total. The third-order valence-corrected chi connectivity index (χ3v) is 7.92. The summed E-state index contributed by atoms with van der Waals surface area (Å²) in [7, 11) is 1.45. The van der Waals surface area contributed by atoms with Crippen LogP contribution in [0.1, 0.15) is 41.3 Å². The molecular weight excluding hydrogens is 444 g/mol. The molecule has 9 heteroatoms. The molecule has 1 aliphatic carbocycles. The number of thiophene rings is 1. The molecule has 0 radical (unpaired) electrons. The average molecular weight is 471 g/mol. The number of aryl methyl sites for hydroxylation is 4. The molecule has 1 aromatic carbocycles. The molecule has 4 rings (SSSR count). The normalized spacial score (nSPS) is 14.1. The van der Waals surface area contributed by atoms with E-state index in [1.54, 1.807) is 22.8 Å². The molecule has 32 heavy (non-hydrogen) atoms. The molecule has 2 heterocycles. The number of nitrogens with zero attached hydrogens (tertiary/aromatic N) is 2. The van der Waals surface area contributed by atoms with Crippen molar-refractivity contribution < 1.29 is 9.59 Å². The second-order valence-corrected chi connectivity index (χ2v) is 10.4. The van der Waals surface area contributed by atoms with Gasteiger partial charge in [-0.05, 0) is 69.2 Å². The standard InChI is InChI=1S/C23H26N4O3S2/c1-12-9-10-13(2)16(11-12)27-21(29)18-15-7-5-6-8-17(15)32-20(18)26-23(27)31-14(3)19(28)25-22(30)24-4/h9-11,14H,5-8H2,1-4H3,(H2,24,25,28,30). The summed E-state index contributed by atoms with van der Waals surface area (Å²) >= 11 is 2.77. The van der Waals surface area contributed by atoms with Gasteiger partial charge in [0, 0.05) is 11.9 Å². The number of aromatic nitrogens is 2. The third kappa shape index (κ3) is 4.19. The summed E-state index contributed by atoms with van der Waals surface area (Å²) in [6.45, 7) is 5.65. The number of thioether (sulfide) groups is 1. The first-order valence-electron chi connectivity index (χ1n) is 10.6. The molecular formula is C23H26N4O3S2. The van der Waals surface area contributed by atoms with E-state index in [0.29, 0.717) is 10.5 Å². The second kappa shape index (κ2) is 9.07. The molecule has 1 atom stereocenters. The minimum absolute atomic E-state index is 0.0930. The van der Waals surface area contributed by atoms with Gasteiger partial charge in [-0.3, -0.25) is 19.5 Å². The molecule has 3 aromatic rings. The Hall–Kier alpha value is -2.65. The lowest BCUT2D eigenvalue weighted by Crippen LogP contribution is -2.41. The van der Waals surface area contributed by atoms with E-state index >= 15 is 0 Å². The van der Waals surface area contributed by atoms with Gasteiger partial charge in [-0.2, -0.15) is 0 Å². The maximum Gasteiger partial charge on any atom is 0.321 e. The number of amides is 3. The Labute approximate surface area is 194 Å².